The van der Waals surface area contributed by atoms with E-state index in [4.69, 9.17) is 27.9 Å². The molecule has 1 amide bonds. The molecule has 0 aliphatic heterocycles. The van der Waals surface area contributed by atoms with Crippen molar-refractivity contribution in [3.8, 4) is 0 Å². The Bertz CT molecular complexity index is 789. The van der Waals surface area contributed by atoms with Crippen LogP contribution in [0.15, 0.2) is 54.6 Å². The Kier molecular flexibility index (Phi) is 6.62. The zero-order valence-corrected chi connectivity index (χ0v) is 15.3. The fourth-order valence-electron chi connectivity index (χ4n) is 2.07. The van der Waals surface area contributed by atoms with Crippen LogP contribution in [0.25, 0.3) is 6.08 Å². The number of halogens is 2. The van der Waals surface area contributed by atoms with Gasteiger partial charge in [-0.15, -0.1) is 0 Å². The lowest BCUT2D eigenvalue weighted by atomic mass is 10.1. The predicted octanol–water partition coefficient (Wildman–Crippen LogP) is 4.38. The van der Waals surface area contributed by atoms with Crippen molar-refractivity contribution in [2.24, 2.45) is 0 Å². The molecule has 0 N–H and O–H groups in total. The number of carbonyl (C=O) groups excluding carboxylic acids is 2. The summed E-state index contributed by atoms with van der Waals surface area (Å²) in [6.45, 7) is 0. The summed E-state index contributed by atoms with van der Waals surface area (Å²) >= 11 is 11.9. The van der Waals surface area contributed by atoms with Crippen LogP contribution >= 0.6 is 23.2 Å². The highest BCUT2D eigenvalue weighted by atomic mass is 35.5. The first-order chi connectivity index (χ1) is 11.9. The van der Waals surface area contributed by atoms with Crippen LogP contribution in [0.3, 0.4) is 0 Å². The van der Waals surface area contributed by atoms with Gasteiger partial charge in [0.25, 0.3) is 5.91 Å². The molecule has 6 heteroatoms. The van der Waals surface area contributed by atoms with Gasteiger partial charge in [0.1, 0.15) is 0 Å². The highest BCUT2D eigenvalue weighted by Gasteiger charge is 2.25. The molecule has 0 saturated carbocycles. The molecule has 0 fully saturated rings. The minimum absolute atomic E-state index is 0.322. The number of benzene rings is 2. The number of likely N-dealkylation sites (N-methyl/N-ethyl adjacent to an activating group) is 1. The molecular formula is C19H17Cl2NO3. The standard InChI is InChI=1S/C19H17Cl2NO3/c1-22(2)19(24)18(14-6-4-3-5-7-14)25-17(23)11-9-13-8-10-15(20)12-16(13)21/h3-12,18H,1-2H3/b11-9+/t18-/m1/s1. The van der Waals surface area contributed by atoms with Crippen molar-refractivity contribution in [2.75, 3.05) is 14.1 Å². The molecule has 0 aliphatic carbocycles. The van der Waals surface area contributed by atoms with Crippen molar-refractivity contribution in [1.29, 1.82) is 0 Å². The van der Waals surface area contributed by atoms with Gasteiger partial charge >= 0.3 is 5.97 Å². The van der Waals surface area contributed by atoms with Gasteiger partial charge in [0.15, 0.2) is 0 Å². The quantitative estimate of drug-likeness (QED) is 0.573. The summed E-state index contributed by atoms with van der Waals surface area (Å²) in [4.78, 5) is 25.9. The number of nitrogens with zero attached hydrogens (tertiary/aromatic N) is 1. The molecule has 1 atom stereocenters. The number of hydrogen-bond donors (Lipinski definition) is 0. The van der Waals surface area contributed by atoms with Gasteiger partial charge in [0.2, 0.25) is 6.10 Å². The zero-order chi connectivity index (χ0) is 18.4. The van der Waals surface area contributed by atoms with Crippen LogP contribution in [0, 0.1) is 0 Å². The van der Waals surface area contributed by atoms with E-state index in [9.17, 15) is 9.59 Å². The van der Waals surface area contributed by atoms with Gasteiger partial charge in [-0.1, -0.05) is 59.6 Å². The van der Waals surface area contributed by atoms with Crippen LogP contribution in [-0.4, -0.2) is 30.9 Å². The Morgan fingerprint density at radius 3 is 2.36 bits per heavy atom. The summed E-state index contributed by atoms with van der Waals surface area (Å²) in [5.41, 5.74) is 1.23. The summed E-state index contributed by atoms with van der Waals surface area (Å²) < 4.78 is 5.36. The van der Waals surface area contributed by atoms with Crippen molar-refractivity contribution in [3.63, 3.8) is 0 Å². The Hall–Kier alpha value is -2.30. The van der Waals surface area contributed by atoms with Crippen molar-refractivity contribution in [1.82, 2.24) is 4.90 Å². The number of ether oxygens (including phenoxy) is 1. The van der Waals surface area contributed by atoms with Gasteiger partial charge in [-0.2, -0.15) is 0 Å². The first-order valence-corrected chi connectivity index (χ1v) is 8.24. The lowest BCUT2D eigenvalue weighted by Crippen LogP contribution is -2.30. The van der Waals surface area contributed by atoms with Crippen LogP contribution in [0.2, 0.25) is 10.0 Å². The van der Waals surface area contributed by atoms with Gasteiger partial charge < -0.3 is 9.64 Å². The van der Waals surface area contributed by atoms with E-state index >= 15 is 0 Å². The zero-order valence-electron chi connectivity index (χ0n) is 13.8. The molecular weight excluding hydrogens is 361 g/mol. The molecule has 25 heavy (non-hydrogen) atoms. The topological polar surface area (TPSA) is 46.6 Å². The lowest BCUT2D eigenvalue weighted by Gasteiger charge is -2.20. The van der Waals surface area contributed by atoms with E-state index in [1.165, 1.54) is 17.1 Å². The van der Waals surface area contributed by atoms with Gasteiger partial charge in [-0.05, 0) is 23.8 Å². The van der Waals surface area contributed by atoms with Gasteiger partial charge in [0, 0.05) is 35.8 Å². The third-order valence-corrected chi connectivity index (χ3v) is 3.93. The number of amides is 1. The Morgan fingerprint density at radius 1 is 1.08 bits per heavy atom. The molecule has 0 spiro atoms. The van der Waals surface area contributed by atoms with Crippen LogP contribution < -0.4 is 0 Å². The average Bonchev–Trinajstić information content (AvgIpc) is 2.59. The maximum absolute atomic E-state index is 12.3. The molecule has 0 saturated heterocycles. The van der Waals surface area contributed by atoms with Crippen molar-refractivity contribution < 1.29 is 14.3 Å². The lowest BCUT2D eigenvalue weighted by molar-refractivity contribution is -0.155. The van der Waals surface area contributed by atoms with Gasteiger partial charge in [0.05, 0.1) is 0 Å². The summed E-state index contributed by atoms with van der Waals surface area (Å²) in [7, 11) is 3.21. The molecule has 2 aromatic carbocycles. The van der Waals surface area contributed by atoms with Gasteiger partial charge in [-0.3, -0.25) is 4.79 Å². The molecule has 0 unspecified atom stereocenters. The first-order valence-electron chi connectivity index (χ1n) is 7.48. The third-order valence-electron chi connectivity index (χ3n) is 3.36. The molecule has 0 bridgehead atoms. The van der Waals surface area contributed by atoms with E-state index in [0.29, 0.717) is 21.2 Å². The van der Waals surface area contributed by atoms with Crippen molar-refractivity contribution in [2.45, 2.75) is 6.10 Å². The molecule has 0 radical (unpaired) electrons. The monoisotopic (exact) mass is 377 g/mol. The van der Waals surface area contributed by atoms with Crippen LogP contribution in [0.4, 0.5) is 0 Å². The maximum Gasteiger partial charge on any atom is 0.331 e. The normalized spacial score (nSPS) is 12.0. The Labute approximate surface area is 156 Å². The van der Waals surface area contributed by atoms with E-state index < -0.39 is 12.1 Å². The van der Waals surface area contributed by atoms with Gasteiger partial charge in [-0.25, -0.2) is 4.79 Å². The molecule has 0 aromatic heterocycles. The molecule has 0 aliphatic rings. The molecule has 4 nitrogen and oxygen atoms in total. The summed E-state index contributed by atoms with van der Waals surface area (Å²) in [6, 6.07) is 13.8. The van der Waals surface area contributed by atoms with E-state index in [0.717, 1.165) is 0 Å². The van der Waals surface area contributed by atoms with Crippen LogP contribution in [-0.2, 0) is 14.3 Å². The van der Waals surface area contributed by atoms with Crippen LogP contribution in [0.1, 0.15) is 17.2 Å². The smallest absolute Gasteiger partial charge is 0.331 e. The van der Waals surface area contributed by atoms with Crippen molar-refractivity contribution in [3.05, 3.63) is 75.8 Å². The number of hydrogen-bond acceptors (Lipinski definition) is 3. The fourth-order valence-corrected chi connectivity index (χ4v) is 2.54. The fraction of sp³-hybridized carbons (Fsp3) is 0.158. The molecule has 2 aromatic rings. The second-order valence-corrected chi connectivity index (χ2v) is 6.30. The SMILES string of the molecule is CN(C)C(=O)[C@H](OC(=O)/C=C/c1ccc(Cl)cc1Cl)c1ccccc1. The second-order valence-electron chi connectivity index (χ2n) is 5.46. The molecule has 130 valence electrons. The minimum Gasteiger partial charge on any atom is -0.444 e. The van der Waals surface area contributed by atoms with Crippen molar-refractivity contribution >= 4 is 41.2 Å². The highest BCUT2D eigenvalue weighted by molar-refractivity contribution is 6.35. The molecule has 0 heterocycles. The Morgan fingerprint density at radius 2 is 1.76 bits per heavy atom. The van der Waals surface area contributed by atoms with E-state index in [-0.39, 0.29) is 5.91 Å². The Balaban J connectivity index is 2.16. The summed E-state index contributed by atoms with van der Waals surface area (Å²) in [5.74, 6) is -0.965. The van der Waals surface area contributed by atoms with E-state index in [1.807, 2.05) is 6.07 Å². The van der Waals surface area contributed by atoms with Crippen LogP contribution in [0.5, 0.6) is 0 Å². The van der Waals surface area contributed by atoms with E-state index in [2.05, 4.69) is 0 Å². The predicted molar refractivity (Wildman–Crippen MR) is 99.5 cm³/mol. The first kappa shape index (κ1) is 19.0. The number of carbonyl (C=O) groups is 2. The third kappa shape index (κ3) is 5.34. The second kappa shape index (κ2) is 8.70. The summed E-state index contributed by atoms with van der Waals surface area (Å²) in [6.07, 6.45) is 1.74. The maximum atomic E-state index is 12.3. The average molecular weight is 378 g/mol. The number of esters is 1. The molecule has 2 rings (SSSR count). The highest BCUT2D eigenvalue weighted by Crippen LogP contribution is 2.23. The largest absolute Gasteiger partial charge is 0.444 e. The van der Waals surface area contributed by atoms with E-state index in [1.54, 1.807) is 56.6 Å². The number of rotatable bonds is 5. The summed E-state index contributed by atoms with van der Waals surface area (Å²) in [5, 5.41) is 0.922. The minimum atomic E-state index is -1.01.